The Morgan fingerprint density at radius 3 is 2.76 bits per heavy atom. The summed E-state index contributed by atoms with van der Waals surface area (Å²) in [4.78, 5) is 10.5. The number of aliphatic imine (C=N–C) groups is 1. The number of hydrogen-bond acceptors (Lipinski definition) is 4. The fourth-order valence-corrected chi connectivity index (χ4v) is 1.81. The van der Waals surface area contributed by atoms with Crippen LogP contribution in [0.1, 0.15) is 17.0 Å². The average molecular weight is 401 g/mol. The molecule has 0 aliphatic heterocycles. The van der Waals surface area contributed by atoms with Crippen LogP contribution in [0.3, 0.4) is 0 Å². The highest BCUT2D eigenvalue weighted by Gasteiger charge is 2.08. The molecule has 2 aromatic rings. The predicted molar refractivity (Wildman–Crippen MR) is 92.6 cm³/mol. The van der Waals surface area contributed by atoms with Crippen molar-refractivity contribution in [1.29, 1.82) is 0 Å². The monoisotopic (exact) mass is 401 g/mol. The lowest BCUT2D eigenvalue weighted by Crippen LogP contribution is -2.38. The molecule has 114 valence electrons. The predicted octanol–water partition coefficient (Wildman–Crippen LogP) is 2.20. The first-order valence-electron chi connectivity index (χ1n) is 6.41. The zero-order chi connectivity index (χ0) is 14.4. The smallest absolute Gasteiger partial charge is 0.194 e. The van der Waals surface area contributed by atoms with E-state index in [2.05, 4.69) is 26.5 Å². The van der Waals surface area contributed by atoms with E-state index in [1.807, 2.05) is 37.2 Å². The van der Waals surface area contributed by atoms with E-state index < -0.39 is 0 Å². The first-order chi connectivity index (χ1) is 9.69. The number of pyridine rings is 1. The summed E-state index contributed by atoms with van der Waals surface area (Å²) in [6, 6.07) is 5.90. The van der Waals surface area contributed by atoms with Crippen molar-refractivity contribution in [3.8, 4) is 0 Å². The van der Waals surface area contributed by atoms with Crippen LogP contribution < -0.4 is 5.32 Å². The number of nitrogens with one attached hydrogen (secondary N) is 1. The van der Waals surface area contributed by atoms with Crippen LogP contribution in [0, 0.1) is 6.92 Å². The molecule has 0 spiro atoms. The van der Waals surface area contributed by atoms with Gasteiger partial charge in [0.1, 0.15) is 12.0 Å². The van der Waals surface area contributed by atoms with Crippen molar-refractivity contribution in [3.63, 3.8) is 0 Å². The Kier molecular flexibility index (Phi) is 7.13. The van der Waals surface area contributed by atoms with Gasteiger partial charge in [0.05, 0.1) is 6.54 Å². The molecule has 21 heavy (non-hydrogen) atoms. The standard InChI is InChI=1S/C14H19N5O.HI/c1-11-4-5-12(8-16-11)9-17-14(15-2)19(3)10-13-6-7-20-18-13;/h4-8H,9-10H2,1-3H3,(H,15,17);1H. The Labute approximate surface area is 141 Å². The van der Waals surface area contributed by atoms with E-state index in [4.69, 9.17) is 4.52 Å². The van der Waals surface area contributed by atoms with E-state index >= 15 is 0 Å². The van der Waals surface area contributed by atoms with Gasteiger partial charge in [-0.2, -0.15) is 0 Å². The molecule has 0 saturated heterocycles. The number of nitrogens with zero attached hydrogens (tertiary/aromatic N) is 4. The van der Waals surface area contributed by atoms with Gasteiger partial charge in [-0.3, -0.25) is 9.98 Å². The third kappa shape index (κ3) is 5.33. The Morgan fingerprint density at radius 1 is 1.38 bits per heavy atom. The minimum atomic E-state index is 0. The largest absolute Gasteiger partial charge is 0.364 e. The van der Waals surface area contributed by atoms with Crippen molar-refractivity contribution in [2.45, 2.75) is 20.0 Å². The van der Waals surface area contributed by atoms with Gasteiger partial charge in [0, 0.05) is 38.6 Å². The van der Waals surface area contributed by atoms with Crippen molar-refractivity contribution >= 4 is 29.9 Å². The van der Waals surface area contributed by atoms with Crippen molar-refractivity contribution in [2.75, 3.05) is 14.1 Å². The molecule has 0 unspecified atom stereocenters. The number of guanidine groups is 1. The van der Waals surface area contributed by atoms with Gasteiger partial charge in [0.15, 0.2) is 5.96 Å². The van der Waals surface area contributed by atoms with Crippen LogP contribution in [0.2, 0.25) is 0 Å². The average Bonchev–Trinajstić information content (AvgIpc) is 2.94. The molecule has 0 aromatic carbocycles. The highest BCUT2D eigenvalue weighted by atomic mass is 127. The summed E-state index contributed by atoms with van der Waals surface area (Å²) in [5.74, 6) is 0.800. The third-order valence-corrected chi connectivity index (χ3v) is 2.89. The molecule has 0 atom stereocenters. The SMILES string of the molecule is CN=C(NCc1ccc(C)nc1)N(C)Cc1ccon1.I. The fourth-order valence-electron chi connectivity index (χ4n) is 1.81. The van der Waals surface area contributed by atoms with Gasteiger partial charge in [0.2, 0.25) is 0 Å². The Bertz CT molecular complexity index is 553. The molecular formula is C14H20IN5O. The zero-order valence-electron chi connectivity index (χ0n) is 12.4. The summed E-state index contributed by atoms with van der Waals surface area (Å²) in [5, 5.41) is 7.19. The number of hydrogen-bond donors (Lipinski definition) is 1. The van der Waals surface area contributed by atoms with Crippen molar-refractivity contribution < 1.29 is 4.52 Å². The summed E-state index contributed by atoms with van der Waals surface area (Å²) in [6.07, 6.45) is 3.44. The molecule has 0 bridgehead atoms. The van der Waals surface area contributed by atoms with Gasteiger partial charge >= 0.3 is 0 Å². The molecular weight excluding hydrogens is 381 g/mol. The molecule has 1 N–H and O–H groups in total. The maximum Gasteiger partial charge on any atom is 0.194 e. The van der Waals surface area contributed by atoms with E-state index in [1.165, 1.54) is 0 Å². The van der Waals surface area contributed by atoms with E-state index in [9.17, 15) is 0 Å². The second-order valence-corrected chi connectivity index (χ2v) is 4.56. The number of aryl methyl sites for hydroxylation is 1. The normalized spacial score (nSPS) is 10.9. The molecule has 2 aromatic heterocycles. The minimum absolute atomic E-state index is 0. The summed E-state index contributed by atoms with van der Waals surface area (Å²) in [5.41, 5.74) is 3.00. The highest BCUT2D eigenvalue weighted by molar-refractivity contribution is 14.0. The zero-order valence-corrected chi connectivity index (χ0v) is 14.7. The molecule has 0 amide bonds. The Balaban J connectivity index is 0.00000220. The fraction of sp³-hybridized carbons (Fsp3) is 0.357. The maximum absolute atomic E-state index is 4.82. The van der Waals surface area contributed by atoms with Crippen LogP contribution in [-0.4, -0.2) is 35.1 Å². The van der Waals surface area contributed by atoms with E-state index in [0.717, 1.165) is 22.9 Å². The molecule has 2 heterocycles. The third-order valence-electron chi connectivity index (χ3n) is 2.89. The van der Waals surface area contributed by atoms with Crippen molar-refractivity contribution in [2.24, 2.45) is 4.99 Å². The molecule has 0 saturated carbocycles. The van der Waals surface area contributed by atoms with E-state index in [0.29, 0.717) is 13.1 Å². The van der Waals surface area contributed by atoms with Gasteiger partial charge in [-0.1, -0.05) is 11.2 Å². The van der Waals surface area contributed by atoms with E-state index in [-0.39, 0.29) is 24.0 Å². The summed E-state index contributed by atoms with van der Waals surface area (Å²) in [6.45, 7) is 3.30. The van der Waals surface area contributed by atoms with Crippen LogP contribution in [0.15, 0.2) is 40.2 Å². The number of halogens is 1. The van der Waals surface area contributed by atoms with Gasteiger partial charge < -0.3 is 14.7 Å². The lowest BCUT2D eigenvalue weighted by atomic mass is 10.2. The molecule has 6 nitrogen and oxygen atoms in total. The van der Waals surface area contributed by atoms with Crippen LogP contribution in [0.4, 0.5) is 0 Å². The second-order valence-electron chi connectivity index (χ2n) is 4.56. The second kappa shape index (κ2) is 8.60. The van der Waals surface area contributed by atoms with Crippen molar-refractivity contribution in [1.82, 2.24) is 20.4 Å². The van der Waals surface area contributed by atoms with Gasteiger partial charge in [-0.15, -0.1) is 24.0 Å². The van der Waals surface area contributed by atoms with E-state index in [1.54, 1.807) is 13.3 Å². The summed E-state index contributed by atoms with van der Waals surface area (Å²) >= 11 is 0. The Hall–Kier alpha value is -1.64. The van der Waals surface area contributed by atoms with Gasteiger partial charge in [0.25, 0.3) is 0 Å². The van der Waals surface area contributed by atoms with Crippen LogP contribution in [-0.2, 0) is 13.1 Å². The molecule has 2 rings (SSSR count). The molecule has 0 radical (unpaired) electrons. The van der Waals surface area contributed by atoms with Crippen LogP contribution in [0.5, 0.6) is 0 Å². The molecule has 0 aliphatic carbocycles. The molecule has 7 heteroatoms. The molecule has 0 fully saturated rings. The summed E-state index contributed by atoms with van der Waals surface area (Å²) < 4.78 is 4.82. The lowest BCUT2D eigenvalue weighted by Gasteiger charge is -2.20. The van der Waals surface area contributed by atoms with Gasteiger partial charge in [-0.25, -0.2) is 0 Å². The summed E-state index contributed by atoms with van der Waals surface area (Å²) in [7, 11) is 3.71. The quantitative estimate of drug-likeness (QED) is 0.484. The first kappa shape index (κ1) is 17.4. The topological polar surface area (TPSA) is 66.6 Å². The Morgan fingerprint density at radius 2 is 2.19 bits per heavy atom. The van der Waals surface area contributed by atoms with Crippen molar-refractivity contribution in [3.05, 3.63) is 47.6 Å². The van der Waals surface area contributed by atoms with Crippen LogP contribution >= 0.6 is 24.0 Å². The van der Waals surface area contributed by atoms with Gasteiger partial charge in [-0.05, 0) is 18.6 Å². The first-order valence-corrected chi connectivity index (χ1v) is 6.41. The number of rotatable bonds is 4. The minimum Gasteiger partial charge on any atom is -0.364 e. The maximum atomic E-state index is 4.82. The van der Waals surface area contributed by atoms with Crippen LogP contribution in [0.25, 0.3) is 0 Å². The lowest BCUT2D eigenvalue weighted by molar-refractivity contribution is 0.391. The molecule has 0 aliphatic rings. The number of aromatic nitrogens is 2. The highest BCUT2D eigenvalue weighted by Crippen LogP contribution is 2.02.